The Morgan fingerprint density at radius 2 is 2.35 bits per heavy atom. The van der Waals surface area contributed by atoms with Crippen LogP contribution in [0.1, 0.15) is 11.5 Å². The van der Waals surface area contributed by atoms with Crippen molar-refractivity contribution in [2.75, 3.05) is 7.05 Å². The van der Waals surface area contributed by atoms with E-state index in [0.29, 0.717) is 0 Å². The molecule has 1 heterocycles. The Morgan fingerprint density at radius 1 is 1.47 bits per heavy atom. The highest BCUT2D eigenvalue weighted by molar-refractivity contribution is 7.98. The maximum Gasteiger partial charge on any atom is 0.116 e. The molecule has 0 radical (unpaired) electrons. The van der Waals surface area contributed by atoms with E-state index in [9.17, 15) is 0 Å². The lowest BCUT2D eigenvalue weighted by Gasteiger charge is -2.00. The van der Waals surface area contributed by atoms with E-state index in [0.717, 1.165) is 33.7 Å². The van der Waals surface area contributed by atoms with E-state index in [4.69, 9.17) is 11.6 Å². The quantitative estimate of drug-likeness (QED) is 0.818. The van der Waals surface area contributed by atoms with Crippen LogP contribution in [-0.2, 0) is 12.3 Å². The lowest BCUT2D eigenvalue weighted by Crippen LogP contribution is -2.05. The molecule has 0 aliphatic carbocycles. The third-order valence-electron chi connectivity index (χ3n) is 2.22. The molecule has 0 atom stereocenters. The number of hydrogen-bond donors (Lipinski definition) is 2. The molecule has 2 N–H and O–H groups in total. The first kappa shape index (κ1) is 12.5. The molecular weight excluding hydrogens is 254 g/mol. The van der Waals surface area contributed by atoms with Crippen molar-refractivity contribution >= 4 is 23.4 Å². The van der Waals surface area contributed by atoms with Gasteiger partial charge in [0, 0.05) is 28.4 Å². The highest BCUT2D eigenvalue weighted by atomic mass is 35.5. The van der Waals surface area contributed by atoms with Crippen LogP contribution in [0.5, 0.6) is 0 Å². The fourth-order valence-corrected chi connectivity index (χ4v) is 2.56. The third kappa shape index (κ3) is 3.77. The second kappa shape index (κ2) is 6.10. The minimum absolute atomic E-state index is 0.769. The highest BCUT2D eigenvalue weighted by Gasteiger charge is 2.01. The van der Waals surface area contributed by atoms with Gasteiger partial charge in [0.1, 0.15) is 5.82 Å². The summed E-state index contributed by atoms with van der Waals surface area (Å²) in [6, 6.07) is 7.85. The number of nitrogens with one attached hydrogen (secondary N) is 2. The minimum Gasteiger partial charge on any atom is -0.344 e. The number of nitrogens with zero attached hydrogens (tertiary/aromatic N) is 1. The molecule has 0 unspecified atom stereocenters. The van der Waals surface area contributed by atoms with Gasteiger partial charge in [0.05, 0.1) is 5.75 Å². The fourth-order valence-electron chi connectivity index (χ4n) is 1.47. The average molecular weight is 268 g/mol. The van der Waals surface area contributed by atoms with E-state index in [2.05, 4.69) is 15.3 Å². The summed E-state index contributed by atoms with van der Waals surface area (Å²) in [6.07, 6.45) is 1.87. The smallest absolute Gasteiger partial charge is 0.116 e. The van der Waals surface area contributed by atoms with Crippen LogP contribution in [0.4, 0.5) is 0 Å². The molecule has 17 heavy (non-hydrogen) atoms. The van der Waals surface area contributed by atoms with Gasteiger partial charge in [-0.15, -0.1) is 11.8 Å². The lowest BCUT2D eigenvalue weighted by molar-refractivity contribution is 0.794. The van der Waals surface area contributed by atoms with Gasteiger partial charge in [-0.1, -0.05) is 17.7 Å². The molecule has 0 bridgehead atoms. The molecule has 0 saturated carbocycles. The molecule has 5 heteroatoms. The van der Waals surface area contributed by atoms with Crippen molar-refractivity contribution in [2.45, 2.75) is 17.2 Å². The summed E-state index contributed by atoms with van der Waals surface area (Å²) in [6.45, 7) is 0.814. The predicted molar refractivity (Wildman–Crippen MR) is 72.4 cm³/mol. The largest absolute Gasteiger partial charge is 0.344 e. The molecule has 0 aliphatic rings. The van der Waals surface area contributed by atoms with Crippen molar-refractivity contribution < 1.29 is 0 Å². The van der Waals surface area contributed by atoms with Gasteiger partial charge in [-0.2, -0.15) is 0 Å². The number of benzene rings is 1. The number of thioether (sulfide) groups is 1. The summed E-state index contributed by atoms with van der Waals surface area (Å²) in [5.74, 6) is 1.81. The molecule has 3 nitrogen and oxygen atoms in total. The van der Waals surface area contributed by atoms with Crippen LogP contribution in [0.15, 0.2) is 35.4 Å². The molecule has 0 spiro atoms. The Labute approximate surface area is 110 Å². The van der Waals surface area contributed by atoms with Gasteiger partial charge >= 0.3 is 0 Å². The first-order valence-corrected chi connectivity index (χ1v) is 6.70. The van der Waals surface area contributed by atoms with Crippen LogP contribution in [0.25, 0.3) is 0 Å². The third-order valence-corrected chi connectivity index (χ3v) is 3.46. The summed E-state index contributed by atoms with van der Waals surface area (Å²) >= 11 is 7.65. The molecular formula is C12H14ClN3S. The standard InChI is InChI=1S/C12H14ClN3S/c1-14-6-10-7-15-12(16-10)8-17-11-4-2-3-9(13)5-11/h2-5,7,14H,6,8H2,1H3,(H,15,16). The van der Waals surface area contributed by atoms with E-state index < -0.39 is 0 Å². The summed E-state index contributed by atoms with van der Waals surface area (Å²) in [5.41, 5.74) is 1.11. The molecule has 2 rings (SSSR count). The van der Waals surface area contributed by atoms with Crippen molar-refractivity contribution in [3.8, 4) is 0 Å². The normalized spacial score (nSPS) is 10.7. The van der Waals surface area contributed by atoms with E-state index >= 15 is 0 Å². The van der Waals surface area contributed by atoms with Crippen molar-refractivity contribution in [1.82, 2.24) is 15.3 Å². The molecule has 1 aromatic heterocycles. The van der Waals surface area contributed by atoms with Crippen LogP contribution in [0.3, 0.4) is 0 Å². The highest BCUT2D eigenvalue weighted by Crippen LogP contribution is 2.24. The number of H-pyrrole nitrogens is 1. The van der Waals surface area contributed by atoms with E-state index in [-0.39, 0.29) is 0 Å². The Balaban J connectivity index is 1.93. The van der Waals surface area contributed by atoms with Crippen LogP contribution >= 0.6 is 23.4 Å². The monoisotopic (exact) mass is 267 g/mol. The van der Waals surface area contributed by atoms with Crippen LogP contribution < -0.4 is 5.32 Å². The fraction of sp³-hybridized carbons (Fsp3) is 0.250. The number of imidazole rings is 1. The average Bonchev–Trinajstić information content (AvgIpc) is 2.75. The molecule has 0 aliphatic heterocycles. The summed E-state index contributed by atoms with van der Waals surface area (Å²) < 4.78 is 0. The van der Waals surface area contributed by atoms with Gasteiger partial charge in [-0.25, -0.2) is 4.98 Å². The molecule has 0 fully saturated rings. The first-order valence-electron chi connectivity index (χ1n) is 5.33. The SMILES string of the molecule is CNCc1cnc(CSc2cccc(Cl)c2)[nH]1. The first-order chi connectivity index (χ1) is 8.28. The number of hydrogen-bond acceptors (Lipinski definition) is 3. The Morgan fingerprint density at radius 3 is 3.12 bits per heavy atom. The van der Waals surface area contributed by atoms with Gasteiger partial charge in [0.25, 0.3) is 0 Å². The van der Waals surface area contributed by atoms with Gasteiger partial charge in [-0.05, 0) is 25.2 Å². The number of aromatic nitrogens is 2. The van der Waals surface area contributed by atoms with Gasteiger partial charge in [-0.3, -0.25) is 0 Å². The van der Waals surface area contributed by atoms with E-state index in [1.54, 1.807) is 11.8 Å². The van der Waals surface area contributed by atoms with Crippen molar-refractivity contribution in [2.24, 2.45) is 0 Å². The predicted octanol–water partition coefficient (Wildman–Crippen LogP) is 3.07. The molecule has 0 saturated heterocycles. The zero-order valence-electron chi connectivity index (χ0n) is 9.53. The van der Waals surface area contributed by atoms with E-state index in [1.807, 2.05) is 37.5 Å². The molecule has 90 valence electrons. The zero-order valence-corrected chi connectivity index (χ0v) is 11.1. The number of halogens is 1. The number of aromatic amines is 1. The summed E-state index contributed by atoms with van der Waals surface area (Å²) in [7, 11) is 1.92. The van der Waals surface area contributed by atoms with E-state index in [1.165, 1.54) is 0 Å². The Hall–Kier alpha value is -0.970. The van der Waals surface area contributed by atoms with Gasteiger partial charge < -0.3 is 10.3 Å². The molecule has 0 amide bonds. The van der Waals surface area contributed by atoms with Crippen molar-refractivity contribution in [3.63, 3.8) is 0 Å². The van der Waals surface area contributed by atoms with Gasteiger partial charge in [0.2, 0.25) is 0 Å². The maximum atomic E-state index is 5.93. The Bertz CT molecular complexity index is 484. The van der Waals surface area contributed by atoms with Crippen LogP contribution in [0, 0.1) is 0 Å². The van der Waals surface area contributed by atoms with Crippen LogP contribution in [-0.4, -0.2) is 17.0 Å². The topological polar surface area (TPSA) is 40.7 Å². The number of rotatable bonds is 5. The molecule has 1 aromatic carbocycles. The zero-order chi connectivity index (χ0) is 12.1. The van der Waals surface area contributed by atoms with Gasteiger partial charge in [0.15, 0.2) is 0 Å². The summed E-state index contributed by atoms with van der Waals surface area (Å²) in [4.78, 5) is 8.75. The second-order valence-electron chi connectivity index (χ2n) is 3.63. The summed E-state index contributed by atoms with van der Waals surface area (Å²) in [5, 5.41) is 3.85. The van der Waals surface area contributed by atoms with Crippen molar-refractivity contribution in [3.05, 3.63) is 47.0 Å². The minimum atomic E-state index is 0.769. The Kier molecular flexibility index (Phi) is 4.48. The van der Waals surface area contributed by atoms with Crippen molar-refractivity contribution in [1.29, 1.82) is 0 Å². The maximum absolute atomic E-state index is 5.93. The van der Waals surface area contributed by atoms with Crippen LogP contribution in [0.2, 0.25) is 5.02 Å². The second-order valence-corrected chi connectivity index (χ2v) is 5.12. The molecule has 2 aromatic rings. The lowest BCUT2D eigenvalue weighted by atomic mass is 10.4.